The smallest absolute Gasteiger partial charge is 0.244 e. The number of carbonyl (C=O) groups is 1. The largest absolute Gasteiger partial charge is 0.495 e. The average molecular weight is 279 g/mol. The summed E-state index contributed by atoms with van der Waals surface area (Å²) in [5.41, 5.74) is 6.53. The molecule has 112 valence electrons. The van der Waals surface area contributed by atoms with Gasteiger partial charge >= 0.3 is 0 Å². The number of likely N-dealkylation sites (N-methyl/N-ethyl adjacent to an activating group) is 1. The average Bonchev–Trinajstić information content (AvgIpc) is 2.46. The third-order valence-corrected chi connectivity index (χ3v) is 3.26. The molecule has 0 bridgehead atoms. The van der Waals surface area contributed by atoms with E-state index in [4.69, 9.17) is 10.5 Å². The Hall–Kier alpha value is -1.75. The third-order valence-electron chi connectivity index (χ3n) is 3.26. The first kappa shape index (κ1) is 16.3. The van der Waals surface area contributed by atoms with Gasteiger partial charge in [0.05, 0.1) is 12.8 Å². The van der Waals surface area contributed by atoms with Crippen LogP contribution < -0.4 is 15.4 Å². The molecule has 1 aromatic rings. The molecule has 0 spiro atoms. The van der Waals surface area contributed by atoms with E-state index < -0.39 is 0 Å². The number of carbonyl (C=O) groups excluding carboxylic acids is 1. The van der Waals surface area contributed by atoms with E-state index >= 15 is 0 Å². The lowest BCUT2D eigenvalue weighted by Crippen LogP contribution is -2.45. The van der Waals surface area contributed by atoms with Crippen LogP contribution >= 0.6 is 0 Å². The molecular weight excluding hydrogens is 254 g/mol. The van der Waals surface area contributed by atoms with Crippen LogP contribution in [0.2, 0.25) is 0 Å². The monoisotopic (exact) mass is 279 g/mol. The Labute approximate surface area is 121 Å². The summed E-state index contributed by atoms with van der Waals surface area (Å²) in [5, 5.41) is 0. The third kappa shape index (κ3) is 3.87. The van der Waals surface area contributed by atoms with Gasteiger partial charge in [0.1, 0.15) is 11.8 Å². The quantitative estimate of drug-likeness (QED) is 0.818. The Morgan fingerprint density at radius 3 is 2.55 bits per heavy atom. The highest BCUT2D eigenvalue weighted by Crippen LogP contribution is 2.29. The Balaban J connectivity index is 3.08. The van der Waals surface area contributed by atoms with Crippen LogP contribution in [0.4, 0.5) is 5.69 Å². The van der Waals surface area contributed by atoms with Crippen molar-refractivity contribution in [1.82, 2.24) is 4.90 Å². The second-order valence-electron chi connectivity index (χ2n) is 4.92. The molecule has 0 aliphatic carbocycles. The fraction of sp³-hybridized carbons (Fsp3) is 0.533. The first-order valence-electron chi connectivity index (χ1n) is 6.83. The zero-order valence-corrected chi connectivity index (χ0v) is 12.8. The number of anilines is 1. The number of nitrogens with zero attached hydrogens (tertiary/aromatic N) is 2. The van der Waals surface area contributed by atoms with Crippen LogP contribution in [0.5, 0.6) is 5.75 Å². The summed E-state index contributed by atoms with van der Waals surface area (Å²) in [6, 6.07) is 7.47. The number of hydrogen-bond acceptors (Lipinski definition) is 4. The molecule has 0 heterocycles. The highest BCUT2D eigenvalue weighted by molar-refractivity contribution is 5.85. The molecule has 0 aromatic heterocycles. The van der Waals surface area contributed by atoms with Gasteiger partial charge in [0, 0.05) is 20.6 Å². The first-order chi connectivity index (χ1) is 9.52. The Morgan fingerprint density at radius 2 is 2.00 bits per heavy atom. The van der Waals surface area contributed by atoms with E-state index in [0.717, 1.165) is 24.4 Å². The molecule has 2 N–H and O–H groups in total. The number of ether oxygens (including phenoxy) is 1. The Morgan fingerprint density at radius 1 is 1.35 bits per heavy atom. The van der Waals surface area contributed by atoms with Crippen LogP contribution in [0.3, 0.4) is 0 Å². The van der Waals surface area contributed by atoms with E-state index in [9.17, 15) is 4.79 Å². The summed E-state index contributed by atoms with van der Waals surface area (Å²) in [5.74, 6) is 0.829. The van der Waals surface area contributed by atoms with Gasteiger partial charge in [0.2, 0.25) is 5.91 Å². The highest BCUT2D eigenvalue weighted by atomic mass is 16.5. The number of benzene rings is 1. The molecule has 5 heteroatoms. The van der Waals surface area contributed by atoms with Gasteiger partial charge in [-0.3, -0.25) is 4.79 Å². The Kier molecular flexibility index (Phi) is 6.31. The van der Waals surface area contributed by atoms with Crippen LogP contribution in [-0.4, -0.2) is 51.1 Å². The van der Waals surface area contributed by atoms with Crippen LogP contribution in [0.1, 0.15) is 13.3 Å². The lowest BCUT2D eigenvalue weighted by atomic mass is 10.1. The molecule has 5 nitrogen and oxygen atoms in total. The SMILES string of the molecule is COc1ccccc1N(CCCN)C(C)C(=O)N(C)C. The summed E-state index contributed by atoms with van der Waals surface area (Å²) < 4.78 is 5.40. The van der Waals surface area contributed by atoms with Crippen molar-refractivity contribution in [1.29, 1.82) is 0 Å². The lowest BCUT2D eigenvalue weighted by Gasteiger charge is -2.33. The second-order valence-corrected chi connectivity index (χ2v) is 4.92. The summed E-state index contributed by atoms with van der Waals surface area (Å²) in [6.45, 7) is 3.22. The van der Waals surface area contributed by atoms with Crippen molar-refractivity contribution in [3.05, 3.63) is 24.3 Å². The summed E-state index contributed by atoms with van der Waals surface area (Å²) in [7, 11) is 5.17. The molecule has 0 radical (unpaired) electrons. The van der Waals surface area contributed by atoms with Crippen molar-refractivity contribution >= 4 is 11.6 Å². The van der Waals surface area contributed by atoms with Crippen molar-refractivity contribution in [2.45, 2.75) is 19.4 Å². The van der Waals surface area contributed by atoms with E-state index in [1.807, 2.05) is 36.1 Å². The maximum absolute atomic E-state index is 12.2. The molecular formula is C15H25N3O2. The zero-order chi connectivity index (χ0) is 15.1. The fourth-order valence-electron chi connectivity index (χ4n) is 2.16. The Bertz CT molecular complexity index is 435. The second kappa shape index (κ2) is 7.75. The molecule has 0 aliphatic heterocycles. The summed E-state index contributed by atoms with van der Waals surface area (Å²) in [6.07, 6.45) is 0.823. The normalized spacial score (nSPS) is 11.8. The zero-order valence-electron chi connectivity index (χ0n) is 12.8. The van der Waals surface area contributed by atoms with E-state index in [2.05, 4.69) is 0 Å². The van der Waals surface area contributed by atoms with E-state index in [-0.39, 0.29) is 11.9 Å². The van der Waals surface area contributed by atoms with Crippen molar-refractivity contribution < 1.29 is 9.53 Å². The summed E-state index contributed by atoms with van der Waals surface area (Å²) in [4.78, 5) is 15.9. The minimum Gasteiger partial charge on any atom is -0.495 e. The van der Waals surface area contributed by atoms with Crippen molar-refractivity contribution in [2.75, 3.05) is 39.2 Å². The molecule has 1 atom stereocenters. The topological polar surface area (TPSA) is 58.8 Å². The number of hydrogen-bond donors (Lipinski definition) is 1. The van der Waals surface area contributed by atoms with Gasteiger partial charge in [-0.25, -0.2) is 0 Å². The number of amides is 1. The minimum atomic E-state index is -0.257. The molecule has 1 amide bonds. The molecule has 1 rings (SSSR count). The molecule has 1 unspecified atom stereocenters. The predicted molar refractivity (Wildman–Crippen MR) is 82.2 cm³/mol. The molecule has 0 saturated carbocycles. The van der Waals surface area contributed by atoms with Gasteiger partial charge in [0.25, 0.3) is 0 Å². The summed E-state index contributed by atoms with van der Waals surface area (Å²) >= 11 is 0. The molecule has 0 aliphatic rings. The van der Waals surface area contributed by atoms with Gasteiger partial charge in [-0.2, -0.15) is 0 Å². The van der Waals surface area contributed by atoms with Crippen LogP contribution in [0, 0.1) is 0 Å². The first-order valence-corrected chi connectivity index (χ1v) is 6.83. The van der Waals surface area contributed by atoms with Crippen molar-refractivity contribution in [3.63, 3.8) is 0 Å². The molecule has 1 aromatic carbocycles. The maximum atomic E-state index is 12.2. The number of rotatable bonds is 7. The van der Waals surface area contributed by atoms with Crippen molar-refractivity contribution in [2.24, 2.45) is 5.73 Å². The van der Waals surface area contributed by atoms with E-state index in [1.54, 1.807) is 26.1 Å². The van der Waals surface area contributed by atoms with Gasteiger partial charge in [-0.1, -0.05) is 12.1 Å². The van der Waals surface area contributed by atoms with Crippen LogP contribution in [-0.2, 0) is 4.79 Å². The van der Waals surface area contributed by atoms with E-state index in [0.29, 0.717) is 6.54 Å². The fourth-order valence-corrected chi connectivity index (χ4v) is 2.16. The highest BCUT2D eigenvalue weighted by Gasteiger charge is 2.24. The van der Waals surface area contributed by atoms with Gasteiger partial charge in [0.15, 0.2) is 0 Å². The number of methoxy groups -OCH3 is 1. The maximum Gasteiger partial charge on any atom is 0.244 e. The molecule has 20 heavy (non-hydrogen) atoms. The number of nitrogens with two attached hydrogens (primary N) is 1. The van der Waals surface area contributed by atoms with Gasteiger partial charge < -0.3 is 20.3 Å². The van der Waals surface area contributed by atoms with Gasteiger partial charge in [-0.15, -0.1) is 0 Å². The predicted octanol–water partition coefficient (Wildman–Crippen LogP) is 1.33. The molecule has 0 fully saturated rings. The lowest BCUT2D eigenvalue weighted by molar-refractivity contribution is -0.129. The minimum absolute atomic E-state index is 0.0629. The standard InChI is InChI=1S/C15H25N3O2/c1-12(15(19)17(2)3)18(11-7-10-16)13-8-5-6-9-14(13)20-4/h5-6,8-9,12H,7,10-11,16H2,1-4H3. The van der Waals surface area contributed by atoms with Crippen LogP contribution in [0.15, 0.2) is 24.3 Å². The number of para-hydroxylation sites is 2. The van der Waals surface area contributed by atoms with E-state index in [1.165, 1.54) is 0 Å². The molecule has 0 saturated heterocycles. The van der Waals surface area contributed by atoms with Crippen molar-refractivity contribution in [3.8, 4) is 5.75 Å². The van der Waals surface area contributed by atoms with Crippen LogP contribution in [0.25, 0.3) is 0 Å². The van der Waals surface area contributed by atoms with Gasteiger partial charge in [-0.05, 0) is 32.0 Å².